The highest BCUT2D eigenvalue weighted by molar-refractivity contribution is 5.83. The zero-order valence-electron chi connectivity index (χ0n) is 12.5. The summed E-state index contributed by atoms with van der Waals surface area (Å²) in [5, 5.41) is 14.5. The van der Waals surface area contributed by atoms with Crippen LogP contribution >= 0.6 is 0 Å². The molecular weight excluding hydrogens is 301 g/mol. The molecule has 1 aromatic carbocycles. The molecule has 0 saturated heterocycles. The van der Waals surface area contributed by atoms with Crippen LogP contribution in [0.3, 0.4) is 0 Å². The lowest BCUT2D eigenvalue weighted by atomic mass is 10.0. The molecule has 1 amide bonds. The van der Waals surface area contributed by atoms with Crippen molar-refractivity contribution in [1.82, 2.24) is 4.98 Å². The lowest BCUT2D eigenvalue weighted by molar-refractivity contribution is 0.209. The van der Waals surface area contributed by atoms with Crippen LogP contribution in [0.5, 0.6) is 5.88 Å². The van der Waals surface area contributed by atoms with Crippen LogP contribution < -0.4 is 15.4 Å². The number of pyridine rings is 1. The molecule has 1 atom stereocenters. The van der Waals surface area contributed by atoms with Crippen LogP contribution in [-0.4, -0.2) is 28.8 Å². The second kappa shape index (κ2) is 6.12. The molecule has 2 heterocycles. The lowest BCUT2D eigenvalue weighted by Crippen LogP contribution is -2.29. The number of halogens is 1. The summed E-state index contributed by atoms with van der Waals surface area (Å²) in [4.78, 5) is 15.2. The van der Waals surface area contributed by atoms with Gasteiger partial charge in [0.25, 0.3) is 0 Å². The number of nitrogens with one attached hydrogen (secondary N) is 2. The average Bonchev–Trinajstić information content (AvgIpc) is 2.50. The quantitative estimate of drug-likeness (QED) is 0.810. The predicted octanol–water partition coefficient (Wildman–Crippen LogP) is 3.09. The molecule has 2 aromatic rings. The number of aromatic nitrogens is 1. The Morgan fingerprint density at radius 3 is 2.91 bits per heavy atom. The summed E-state index contributed by atoms with van der Waals surface area (Å²) in [7, 11) is 0. The number of anilines is 2. The molecule has 1 aromatic heterocycles. The molecule has 0 radical (unpaired) electrons. The van der Waals surface area contributed by atoms with Crippen molar-refractivity contribution in [3.05, 3.63) is 47.3 Å². The maximum absolute atomic E-state index is 13.0. The van der Waals surface area contributed by atoms with Gasteiger partial charge in [-0.05, 0) is 30.7 Å². The fourth-order valence-electron chi connectivity index (χ4n) is 2.43. The van der Waals surface area contributed by atoms with Crippen molar-refractivity contribution in [2.24, 2.45) is 0 Å². The van der Waals surface area contributed by atoms with Crippen LogP contribution in [0.1, 0.15) is 18.1 Å². The van der Waals surface area contributed by atoms with Gasteiger partial charge in [0.05, 0.1) is 11.7 Å². The van der Waals surface area contributed by atoms with Gasteiger partial charge in [0.15, 0.2) is 0 Å². The van der Waals surface area contributed by atoms with E-state index in [9.17, 15) is 9.18 Å². The minimum Gasteiger partial charge on any atom is -0.474 e. The number of carbonyl (C=O) groups is 1. The minimum atomic E-state index is -1.20. The number of ether oxygens (including phenoxy) is 1. The molecule has 0 bridgehead atoms. The Balaban J connectivity index is 1.96. The molecule has 23 heavy (non-hydrogen) atoms. The second-order valence-corrected chi connectivity index (χ2v) is 5.44. The molecule has 120 valence electrons. The van der Waals surface area contributed by atoms with Crippen molar-refractivity contribution in [1.29, 1.82) is 0 Å². The van der Waals surface area contributed by atoms with E-state index in [2.05, 4.69) is 15.6 Å². The predicted molar refractivity (Wildman–Crippen MR) is 83.7 cm³/mol. The highest BCUT2D eigenvalue weighted by Crippen LogP contribution is 2.32. The van der Waals surface area contributed by atoms with Gasteiger partial charge < -0.3 is 15.2 Å². The highest BCUT2D eigenvalue weighted by atomic mass is 19.1. The number of carboxylic acid groups (broad SMARTS) is 1. The highest BCUT2D eigenvalue weighted by Gasteiger charge is 2.20. The van der Waals surface area contributed by atoms with Crippen molar-refractivity contribution in [3.8, 4) is 5.88 Å². The average molecular weight is 317 g/mol. The summed E-state index contributed by atoms with van der Waals surface area (Å²) in [6.07, 6.45) is -0.776. The van der Waals surface area contributed by atoms with E-state index in [-0.39, 0.29) is 17.7 Å². The van der Waals surface area contributed by atoms with Crippen molar-refractivity contribution >= 4 is 17.6 Å². The van der Waals surface area contributed by atoms with Crippen molar-refractivity contribution in [2.45, 2.75) is 19.4 Å². The minimum absolute atomic E-state index is 0.140. The van der Waals surface area contributed by atoms with Crippen molar-refractivity contribution in [3.63, 3.8) is 0 Å². The van der Waals surface area contributed by atoms with Crippen LogP contribution in [0.2, 0.25) is 0 Å². The van der Waals surface area contributed by atoms with Crippen LogP contribution in [0.15, 0.2) is 30.3 Å². The molecule has 6 nitrogen and oxygen atoms in total. The lowest BCUT2D eigenvalue weighted by Gasteiger charge is -2.25. The Morgan fingerprint density at radius 2 is 2.22 bits per heavy atom. The SMILES string of the molecule is C[C@H]1COc2nc(NC(=O)O)c(Cc3ccc(F)cc3)cc2N1. The van der Waals surface area contributed by atoms with Gasteiger partial charge in [-0.2, -0.15) is 4.98 Å². The Labute approximate surface area is 132 Å². The third-order valence-electron chi connectivity index (χ3n) is 3.47. The van der Waals surface area contributed by atoms with Gasteiger partial charge in [0.1, 0.15) is 18.2 Å². The zero-order valence-corrected chi connectivity index (χ0v) is 12.5. The number of nitrogens with zero attached hydrogens (tertiary/aromatic N) is 1. The number of amides is 1. The summed E-state index contributed by atoms with van der Waals surface area (Å²) in [6, 6.07) is 8.01. The first-order chi connectivity index (χ1) is 11.0. The van der Waals surface area contributed by atoms with Gasteiger partial charge in [-0.1, -0.05) is 12.1 Å². The van der Waals surface area contributed by atoms with Gasteiger partial charge in [0, 0.05) is 12.0 Å². The zero-order chi connectivity index (χ0) is 16.4. The summed E-state index contributed by atoms with van der Waals surface area (Å²) in [5.74, 6) is 0.275. The van der Waals surface area contributed by atoms with E-state index in [0.29, 0.717) is 24.5 Å². The molecule has 1 aliphatic heterocycles. The molecule has 0 fully saturated rings. The normalized spacial score (nSPS) is 16.0. The monoisotopic (exact) mass is 317 g/mol. The maximum Gasteiger partial charge on any atom is 0.410 e. The number of hydrogen-bond donors (Lipinski definition) is 3. The Morgan fingerprint density at radius 1 is 1.48 bits per heavy atom. The third kappa shape index (κ3) is 3.50. The summed E-state index contributed by atoms with van der Waals surface area (Å²) >= 11 is 0. The Kier molecular flexibility index (Phi) is 4.01. The van der Waals surface area contributed by atoms with Crippen LogP contribution in [-0.2, 0) is 6.42 Å². The second-order valence-electron chi connectivity index (χ2n) is 5.44. The summed E-state index contributed by atoms with van der Waals surface area (Å²) in [6.45, 7) is 2.44. The van der Waals surface area contributed by atoms with Crippen LogP contribution in [0.4, 0.5) is 20.7 Å². The van der Waals surface area contributed by atoms with E-state index >= 15 is 0 Å². The first-order valence-electron chi connectivity index (χ1n) is 7.19. The molecular formula is C16H16FN3O3. The molecule has 0 aliphatic carbocycles. The molecule has 7 heteroatoms. The van der Waals surface area contributed by atoms with Gasteiger partial charge in [-0.15, -0.1) is 0 Å². The smallest absolute Gasteiger partial charge is 0.410 e. The van der Waals surface area contributed by atoms with Gasteiger partial charge in [-0.3, -0.25) is 5.32 Å². The number of fused-ring (bicyclic) bond motifs is 1. The van der Waals surface area contributed by atoms with Crippen molar-refractivity contribution in [2.75, 3.05) is 17.2 Å². The van der Waals surface area contributed by atoms with Crippen molar-refractivity contribution < 1.29 is 19.0 Å². The first kappa shape index (κ1) is 15.1. The number of benzene rings is 1. The Bertz CT molecular complexity index is 734. The van der Waals surface area contributed by atoms with E-state index in [1.165, 1.54) is 12.1 Å². The number of hydrogen-bond acceptors (Lipinski definition) is 4. The first-order valence-corrected chi connectivity index (χ1v) is 7.19. The number of rotatable bonds is 3. The van der Waals surface area contributed by atoms with E-state index in [1.54, 1.807) is 12.1 Å². The van der Waals surface area contributed by atoms with Gasteiger partial charge in [-0.25, -0.2) is 9.18 Å². The topological polar surface area (TPSA) is 83.5 Å². The molecule has 0 spiro atoms. The molecule has 0 saturated carbocycles. The fourth-order valence-corrected chi connectivity index (χ4v) is 2.43. The fraction of sp³-hybridized carbons (Fsp3) is 0.250. The standard InChI is InChI=1S/C16H16FN3O3/c1-9-8-23-15-13(18-9)7-11(14(19-15)20-16(21)22)6-10-2-4-12(17)5-3-10/h2-5,7,9,18H,6,8H2,1H3,(H,19,20)(H,21,22)/t9-/m0/s1. The molecule has 0 unspecified atom stereocenters. The van der Waals surface area contributed by atoms with Gasteiger partial charge >= 0.3 is 6.09 Å². The van der Waals surface area contributed by atoms with E-state index in [0.717, 1.165) is 11.3 Å². The summed E-state index contributed by atoms with van der Waals surface area (Å²) < 4.78 is 18.5. The molecule has 3 rings (SSSR count). The maximum atomic E-state index is 13.0. The van der Waals surface area contributed by atoms with E-state index in [1.807, 2.05) is 13.0 Å². The molecule has 3 N–H and O–H groups in total. The van der Waals surface area contributed by atoms with E-state index in [4.69, 9.17) is 9.84 Å². The van der Waals surface area contributed by atoms with E-state index < -0.39 is 6.09 Å². The van der Waals surface area contributed by atoms with Crippen LogP contribution in [0.25, 0.3) is 0 Å². The summed E-state index contributed by atoms with van der Waals surface area (Å²) in [5.41, 5.74) is 2.26. The molecule has 1 aliphatic rings. The largest absolute Gasteiger partial charge is 0.474 e. The Hall–Kier alpha value is -2.83. The third-order valence-corrected chi connectivity index (χ3v) is 3.47. The van der Waals surface area contributed by atoms with Gasteiger partial charge in [0.2, 0.25) is 5.88 Å². The van der Waals surface area contributed by atoms with Crippen LogP contribution in [0, 0.1) is 5.82 Å².